The zero-order valence-electron chi connectivity index (χ0n) is 14.4. The maximum Gasteiger partial charge on any atom is 0.323 e. The third-order valence-corrected chi connectivity index (χ3v) is 4.58. The fourth-order valence-corrected chi connectivity index (χ4v) is 3.38. The molecule has 0 amide bonds. The highest BCUT2D eigenvalue weighted by Crippen LogP contribution is 2.32. The Hall–Kier alpha value is -2.21. The first-order valence-electron chi connectivity index (χ1n) is 7.70. The highest BCUT2D eigenvalue weighted by atomic mass is 32.1. The highest BCUT2D eigenvalue weighted by Gasteiger charge is 2.19. The summed E-state index contributed by atoms with van der Waals surface area (Å²) in [4.78, 5) is 28.2. The Morgan fingerprint density at radius 1 is 1.38 bits per heavy atom. The molecule has 0 aliphatic carbocycles. The lowest BCUT2D eigenvalue weighted by Crippen LogP contribution is -2.31. The van der Waals surface area contributed by atoms with Gasteiger partial charge in [0.15, 0.2) is 0 Å². The van der Waals surface area contributed by atoms with Gasteiger partial charge in [-0.15, -0.1) is 11.3 Å². The van der Waals surface area contributed by atoms with Gasteiger partial charge in [-0.1, -0.05) is 32.9 Å². The van der Waals surface area contributed by atoms with Gasteiger partial charge in [-0.25, -0.2) is 4.98 Å². The fraction of sp³-hybridized carbons (Fsp3) is 0.389. The molecule has 128 valence electrons. The number of rotatable bonds is 6. The number of carboxylic acids is 1. The van der Waals surface area contributed by atoms with Crippen LogP contribution in [0.4, 0.5) is 5.69 Å². The zero-order chi connectivity index (χ0) is 17.9. The van der Waals surface area contributed by atoms with Crippen LogP contribution in [0.1, 0.15) is 32.0 Å². The molecule has 0 atom stereocenters. The van der Waals surface area contributed by atoms with E-state index in [2.05, 4.69) is 26.2 Å². The second kappa shape index (κ2) is 7.13. The summed E-state index contributed by atoms with van der Waals surface area (Å²) in [5.74, 6) is -0.967. The summed E-state index contributed by atoms with van der Waals surface area (Å²) < 4.78 is 0. The average molecular weight is 346 g/mol. The minimum Gasteiger partial charge on any atom is -0.480 e. The van der Waals surface area contributed by atoms with E-state index in [1.54, 1.807) is 16.2 Å². The Balaban J connectivity index is 2.42. The lowest BCUT2D eigenvalue weighted by Gasteiger charge is -2.22. The van der Waals surface area contributed by atoms with Crippen LogP contribution in [0.15, 0.2) is 23.6 Å². The summed E-state index contributed by atoms with van der Waals surface area (Å²) in [7, 11) is 0. The Morgan fingerprint density at radius 3 is 2.62 bits per heavy atom. The van der Waals surface area contributed by atoms with Crippen LogP contribution >= 0.6 is 11.3 Å². The minimum absolute atomic E-state index is 0.0187. The number of carbonyl (C=O) groups is 2. The van der Waals surface area contributed by atoms with Crippen molar-refractivity contribution in [2.75, 3.05) is 18.0 Å². The molecule has 0 unspecified atom stereocenters. The van der Waals surface area contributed by atoms with Crippen molar-refractivity contribution >= 4 is 29.3 Å². The molecular formula is C18H22N2O3S. The van der Waals surface area contributed by atoms with Gasteiger partial charge in [0.2, 0.25) is 0 Å². The first-order valence-corrected chi connectivity index (χ1v) is 8.57. The molecule has 1 aromatic heterocycles. The smallest absolute Gasteiger partial charge is 0.323 e. The molecule has 6 heteroatoms. The standard InChI is InChI=1S/C18H22N2O3S/c1-12-5-6-13(17-19-15(11-24-17)18(2,3)4)9-14(12)20(7-8-21)10-16(22)23/h5-6,8-9,11H,7,10H2,1-4H3,(H,22,23). The predicted octanol–water partition coefficient (Wildman–Crippen LogP) is 3.51. The van der Waals surface area contributed by atoms with Crippen molar-refractivity contribution < 1.29 is 14.7 Å². The SMILES string of the molecule is Cc1ccc(-c2nc(C(C)(C)C)cs2)cc1N(CC=O)CC(=O)O. The van der Waals surface area contributed by atoms with Crippen LogP contribution in [0.5, 0.6) is 0 Å². The molecule has 2 rings (SSSR count). The molecule has 0 spiro atoms. The number of carboxylic acid groups (broad SMARTS) is 1. The van der Waals surface area contributed by atoms with Gasteiger partial charge < -0.3 is 14.8 Å². The van der Waals surface area contributed by atoms with Gasteiger partial charge in [-0.2, -0.15) is 0 Å². The van der Waals surface area contributed by atoms with Crippen molar-refractivity contribution in [2.45, 2.75) is 33.1 Å². The molecule has 0 aliphatic rings. The van der Waals surface area contributed by atoms with Gasteiger partial charge in [-0.05, 0) is 18.6 Å². The lowest BCUT2D eigenvalue weighted by molar-refractivity contribution is -0.135. The number of hydrogen-bond donors (Lipinski definition) is 1. The van der Waals surface area contributed by atoms with Crippen LogP contribution in [0.2, 0.25) is 0 Å². The Labute approximate surface area is 146 Å². The number of aromatic nitrogens is 1. The fourth-order valence-electron chi connectivity index (χ4n) is 2.34. The molecule has 24 heavy (non-hydrogen) atoms. The molecule has 1 N–H and O–H groups in total. The van der Waals surface area contributed by atoms with Crippen LogP contribution in [-0.4, -0.2) is 35.4 Å². The largest absolute Gasteiger partial charge is 0.480 e. The average Bonchev–Trinajstić information content (AvgIpc) is 2.97. The van der Waals surface area contributed by atoms with Gasteiger partial charge >= 0.3 is 5.97 Å². The Kier molecular flexibility index (Phi) is 5.39. The topological polar surface area (TPSA) is 70.5 Å². The van der Waals surface area contributed by atoms with Crippen LogP contribution in [0.25, 0.3) is 10.6 Å². The van der Waals surface area contributed by atoms with Gasteiger partial charge in [-0.3, -0.25) is 4.79 Å². The highest BCUT2D eigenvalue weighted by molar-refractivity contribution is 7.13. The van der Waals surface area contributed by atoms with Crippen molar-refractivity contribution in [3.63, 3.8) is 0 Å². The van der Waals surface area contributed by atoms with E-state index in [9.17, 15) is 9.59 Å². The quantitative estimate of drug-likeness (QED) is 0.811. The number of aldehydes is 1. The summed E-state index contributed by atoms with van der Waals surface area (Å²) in [6.07, 6.45) is 0.718. The van der Waals surface area contributed by atoms with E-state index in [1.165, 1.54) is 0 Å². The van der Waals surface area contributed by atoms with E-state index < -0.39 is 5.97 Å². The zero-order valence-corrected chi connectivity index (χ0v) is 15.2. The second-order valence-corrected chi connectivity index (χ2v) is 7.59. The molecule has 0 bridgehead atoms. The van der Waals surface area contributed by atoms with Crippen molar-refractivity contribution in [1.29, 1.82) is 0 Å². The van der Waals surface area contributed by atoms with E-state index in [4.69, 9.17) is 10.1 Å². The lowest BCUT2D eigenvalue weighted by atomic mass is 9.93. The van der Waals surface area contributed by atoms with Crippen molar-refractivity contribution in [3.8, 4) is 10.6 Å². The monoisotopic (exact) mass is 346 g/mol. The van der Waals surface area contributed by atoms with Crippen LogP contribution in [0, 0.1) is 6.92 Å². The van der Waals surface area contributed by atoms with Crippen LogP contribution < -0.4 is 4.90 Å². The number of thiazole rings is 1. The molecule has 0 saturated heterocycles. The molecule has 0 saturated carbocycles. The Bertz CT molecular complexity index is 747. The molecule has 5 nitrogen and oxygen atoms in total. The Morgan fingerprint density at radius 2 is 2.08 bits per heavy atom. The molecule has 0 fully saturated rings. The summed E-state index contributed by atoms with van der Waals surface area (Å²) in [5, 5.41) is 12.0. The van der Waals surface area contributed by atoms with Crippen molar-refractivity contribution in [3.05, 3.63) is 34.8 Å². The van der Waals surface area contributed by atoms with E-state index in [1.807, 2.05) is 25.1 Å². The van der Waals surface area contributed by atoms with Crippen molar-refractivity contribution in [2.24, 2.45) is 0 Å². The van der Waals surface area contributed by atoms with E-state index in [0.29, 0.717) is 0 Å². The van der Waals surface area contributed by atoms with Gasteiger partial charge in [0, 0.05) is 22.0 Å². The number of anilines is 1. The summed E-state index contributed by atoms with van der Waals surface area (Å²) in [6.45, 7) is 8.08. The maximum atomic E-state index is 11.1. The third kappa shape index (κ3) is 4.20. The number of carbonyl (C=O) groups excluding carboxylic acids is 1. The third-order valence-electron chi connectivity index (χ3n) is 3.69. The number of hydrogen-bond acceptors (Lipinski definition) is 5. The molecule has 2 aromatic rings. The number of aryl methyl sites for hydroxylation is 1. The summed E-state index contributed by atoms with van der Waals surface area (Å²) in [5.41, 5.74) is 3.61. The summed E-state index contributed by atoms with van der Waals surface area (Å²) >= 11 is 1.57. The van der Waals surface area contributed by atoms with Gasteiger partial charge in [0.05, 0.1) is 12.2 Å². The van der Waals surface area contributed by atoms with Gasteiger partial charge in [0.25, 0.3) is 0 Å². The number of aliphatic carboxylic acids is 1. The molecule has 1 aromatic carbocycles. The van der Waals surface area contributed by atoms with E-state index in [-0.39, 0.29) is 18.5 Å². The number of benzene rings is 1. The molecule has 0 aliphatic heterocycles. The van der Waals surface area contributed by atoms with Gasteiger partial charge in [0.1, 0.15) is 17.8 Å². The maximum absolute atomic E-state index is 11.1. The van der Waals surface area contributed by atoms with Crippen LogP contribution in [-0.2, 0) is 15.0 Å². The van der Waals surface area contributed by atoms with Crippen molar-refractivity contribution in [1.82, 2.24) is 4.98 Å². The predicted molar refractivity (Wildman–Crippen MR) is 96.9 cm³/mol. The first kappa shape index (κ1) is 18.1. The first-order chi connectivity index (χ1) is 11.2. The molecule has 0 radical (unpaired) electrons. The van der Waals surface area contributed by atoms with E-state index in [0.717, 1.165) is 33.8 Å². The summed E-state index contributed by atoms with van der Waals surface area (Å²) in [6, 6.07) is 5.82. The second-order valence-electron chi connectivity index (χ2n) is 6.73. The molecule has 1 heterocycles. The van der Waals surface area contributed by atoms with Crippen LogP contribution in [0.3, 0.4) is 0 Å². The number of nitrogens with zero attached hydrogens (tertiary/aromatic N) is 2. The molecular weight excluding hydrogens is 324 g/mol. The normalized spacial score (nSPS) is 11.3. The minimum atomic E-state index is -0.967. The van der Waals surface area contributed by atoms with E-state index >= 15 is 0 Å².